The van der Waals surface area contributed by atoms with E-state index in [4.69, 9.17) is 5.11 Å². The lowest BCUT2D eigenvalue weighted by Crippen LogP contribution is -1.93. The van der Waals surface area contributed by atoms with Gasteiger partial charge in [-0.2, -0.15) is 0 Å². The molecule has 1 radical (unpaired) electrons. The molecule has 1 unspecified atom stereocenters. The molecule has 1 N–H and O–H groups in total. The summed E-state index contributed by atoms with van der Waals surface area (Å²) in [6.45, 7) is 5.49. The summed E-state index contributed by atoms with van der Waals surface area (Å²) < 4.78 is 0. The van der Waals surface area contributed by atoms with Crippen LogP contribution in [-0.2, 0) is 0 Å². The predicted molar refractivity (Wildman–Crippen MR) is 41.5 cm³/mol. The lowest BCUT2D eigenvalue weighted by molar-refractivity contribution is 0.225. The van der Waals surface area contributed by atoms with Gasteiger partial charge in [0.25, 0.3) is 0 Å². The van der Waals surface area contributed by atoms with Crippen molar-refractivity contribution < 1.29 is 5.11 Å². The van der Waals surface area contributed by atoms with E-state index in [9.17, 15) is 0 Å². The van der Waals surface area contributed by atoms with Crippen molar-refractivity contribution >= 4 is 0 Å². The average molecular weight is 135 g/mol. The minimum Gasteiger partial charge on any atom is -0.388 e. The van der Waals surface area contributed by atoms with Crippen LogP contribution in [0.3, 0.4) is 0 Å². The van der Waals surface area contributed by atoms with Crippen LogP contribution in [0.5, 0.6) is 0 Å². The molecule has 0 fully saturated rings. The second-order valence-corrected chi connectivity index (χ2v) is 2.37. The molecular formula is C9H11O. The number of hydrogen-bond acceptors (Lipinski definition) is 1. The molecule has 0 saturated heterocycles. The van der Waals surface area contributed by atoms with E-state index in [0.717, 1.165) is 11.1 Å². The molecule has 0 aliphatic heterocycles. The molecule has 10 heavy (non-hydrogen) atoms. The molecule has 0 heterocycles. The molecule has 1 heteroatoms. The lowest BCUT2D eigenvalue weighted by Gasteiger charge is -2.06. The molecule has 1 nitrogen and oxygen atoms in total. The Morgan fingerprint density at radius 1 is 1.40 bits per heavy atom. The highest BCUT2D eigenvalue weighted by Gasteiger charge is 2.01. The third kappa shape index (κ3) is 1.36. The zero-order valence-corrected chi connectivity index (χ0v) is 6.04. The van der Waals surface area contributed by atoms with Crippen LogP contribution in [-0.4, -0.2) is 5.11 Å². The van der Waals surface area contributed by atoms with Gasteiger partial charge in [0.05, 0.1) is 6.10 Å². The van der Waals surface area contributed by atoms with Crippen LogP contribution in [0.4, 0.5) is 0 Å². The highest BCUT2D eigenvalue weighted by molar-refractivity contribution is 5.27. The smallest absolute Gasteiger partial charge is 0.0793 e. The maximum atomic E-state index is 9.09. The van der Waals surface area contributed by atoms with E-state index in [2.05, 4.69) is 6.92 Å². The topological polar surface area (TPSA) is 20.2 Å². The maximum absolute atomic E-state index is 9.09. The highest BCUT2D eigenvalue weighted by Crippen LogP contribution is 2.14. The van der Waals surface area contributed by atoms with E-state index >= 15 is 0 Å². The van der Waals surface area contributed by atoms with Crippen LogP contribution in [0.1, 0.15) is 17.2 Å². The van der Waals surface area contributed by atoms with Gasteiger partial charge in [-0.05, 0) is 25.0 Å². The molecule has 0 aliphatic rings. The summed E-state index contributed by atoms with van der Waals surface area (Å²) in [6, 6.07) is 7.69. The minimum absolute atomic E-state index is 0.596. The first-order valence-corrected chi connectivity index (χ1v) is 3.28. The van der Waals surface area contributed by atoms with Gasteiger partial charge in [0.1, 0.15) is 0 Å². The first-order chi connectivity index (χ1) is 4.72. The Balaban J connectivity index is 3.03. The van der Waals surface area contributed by atoms with E-state index in [1.54, 1.807) is 0 Å². The van der Waals surface area contributed by atoms with Crippen molar-refractivity contribution in [1.82, 2.24) is 0 Å². The second-order valence-electron chi connectivity index (χ2n) is 2.37. The molecule has 1 aromatic carbocycles. The SMILES string of the molecule is [CH2]C(O)c1ccccc1C. The standard InChI is InChI=1S/C9H11O/c1-7-5-3-4-6-9(7)8(2)10/h3-6,8,10H,2H2,1H3. The van der Waals surface area contributed by atoms with Gasteiger partial charge in [-0.1, -0.05) is 24.3 Å². The predicted octanol–water partition coefficient (Wildman–Crippen LogP) is 1.86. The molecule has 1 atom stereocenters. The number of aliphatic hydroxyl groups is 1. The van der Waals surface area contributed by atoms with Gasteiger partial charge in [0.15, 0.2) is 0 Å². The van der Waals surface area contributed by atoms with Crippen molar-refractivity contribution in [1.29, 1.82) is 0 Å². The third-order valence-electron chi connectivity index (χ3n) is 1.55. The zero-order chi connectivity index (χ0) is 7.56. The molecule has 53 valence electrons. The highest BCUT2D eigenvalue weighted by atomic mass is 16.3. The van der Waals surface area contributed by atoms with Crippen LogP contribution < -0.4 is 0 Å². The van der Waals surface area contributed by atoms with Crippen molar-refractivity contribution in [2.24, 2.45) is 0 Å². The third-order valence-corrected chi connectivity index (χ3v) is 1.55. The Bertz CT molecular complexity index is 216. The van der Waals surface area contributed by atoms with Gasteiger partial charge >= 0.3 is 0 Å². The van der Waals surface area contributed by atoms with Crippen molar-refractivity contribution in [3.8, 4) is 0 Å². The second kappa shape index (κ2) is 2.84. The Hall–Kier alpha value is -0.820. The molecule has 0 aromatic heterocycles. The minimum atomic E-state index is -0.596. The lowest BCUT2D eigenvalue weighted by atomic mass is 10.1. The molecule has 0 saturated carbocycles. The molecule has 0 amide bonds. The van der Waals surface area contributed by atoms with E-state index in [-0.39, 0.29) is 0 Å². The van der Waals surface area contributed by atoms with E-state index < -0.39 is 6.10 Å². The number of rotatable bonds is 1. The monoisotopic (exact) mass is 135 g/mol. The van der Waals surface area contributed by atoms with Crippen LogP contribution in [0.2, 0.25) is 0 Å². The fraction of sp³-hybridized carbons (Fsp3) is 0.222. The van der Waals surface area contributed by atoms with Crippen LogP contribution >= 0.6 is 0 Å². The molecule has 0 bridgehead atoms. The van der Waals surface area contributed by atoms with Crippen molar-refractivity contribution in [2.75, 3.05) is 0 Å². The average Bonchev–Trinajstić information content (AvgIpc) is 1.88. The number of aryl methyl sites for hydroxylation is 1. The van der Waals surface area contributed by atoms with Gasteiger partial charge in [-0.15, -0.1) is 0 Å². The first-order valence-electron chi connectivity index (χ1n) is 3.28. The Morgan fingerprint density at radius 2 is 2.00 bits per heavy atom. The summed E-state index contributed by atoms with van der Waals surface area (Å²) in [4.78, 5) is 0. The van der Waals surface area contributed by atoms with Crippen LogP contribution in [0.15, 0.2) is 24.3 Å². The fourth-order valence-electron chi connectivity index (χ4n) is 0.961. The summed E-state index contributed by atoms with van der Waals surface area (Å²) >= 11 is 0. The van der Waals surface area contributed by atoms with Gasteiger partial charge in [0.2, 0.25) is 0 Å². The Kier molecular flexibility index (Phi) is 2.07. The largest absolute Gasteiger partial charge is 0.388 e. The van der Waals surface area contributed by atoms with Crippen molar-refractivity contribution in [3.63, 3.8) is 0 Å². The zero-order valence-electron chi connectivity index (χ0n) is 6.04. The van der Waals surface area contributed by atoms with Gasteiger partial charge in [0, 0.05) is 0 Å². The quantitative estimate of drug-likeness (QED) is 0.623. The maximum Gasteiger partial charge on any atom is 0.0793 e. The molecule has 1 rings (SSSR count). The van der Waals surface area contributed by atoms with Crippen molar-refractivity contribution in [2.45, 2.75) is 13.0 Å². The number of aliphatic hydroxyl groups excluding tert-OH is 1. The fourth-order valence-corrected chi connectivity index (χ4v) is 0.961. The summed E-state index contributed by atoms with van der Waals surface area (Å²) in [5.41, 5.74) is 1.99. The Labute approximate surface area is 61.3 Å². The first kappa shape index (κ1) is 7.29. The Morgan fingerprint density at radius 3 is 2.40 bits per heavy atom. The summed E-state index contributed by atoms with van der Waals surface area (Å²) in [6.07, 6.45) is -0.596. The van der Waals surface area contributed by atoms with Crippen LogP contribution in [0.25, 0.3) is 0 Å². The molecular weight excluding hydrogens is 124 g/mol. The summed E-state index contributed by atoms with van der Waals surface area (Å²) in [5.74, 6) is 0. The number of hydrogen-bond donors (Lipinski definition) is 1. The molecule has 1 aromatic rings. The summed E-state index contributed by atoms with van der Waals surface area (Å²) in [5, 5.41) is 9.09. The molecule has 0 aliphatic carbocycles. The van der Waals surface area contributed by atoms with E-state index in [1.807, 2.05) is 31.2 Å². The molecule has 0 spiro atoms. The normalized spacial score (nSPS) is 13.1. The van der Waals surface area contributed by atoms with Gasteiger partial charge < -0.3 is 5.11 Å². The van der Waals surface area contributed by atoms with E-state index in [0.29, 0.717) is 0 Å². The van der Waals surface area contributed by atoms with E-state index in [1.165, 1.54) is 0 Å². The van der Waals surface area contributed by atoms with Gasteiger partial charge in [-0.3, -0.25) is 0 Å². The summed E-state index contributed by atoms with van der Waals surface area (Å²) in [7, 11) is 0. The van der Waals surface area contributed by atoms with Crippen molar-refractivity contribution in [3.05, 3.63) is 42.3 Å². The van der Waals surface area contributed by atoms with Gasteiger partial charge in [-0.25, -0.2) is 0 Å². The van der Waals surface area contributed by atoms with Crippen LogP contribution in [0, 0.1) is 13.8 Å². The number of benzene rings is 1.